The summed E-state index contributed by atoms with van der Waals surface area (Å²) >= 11 is 0. The van der Waals surface area contributed by atoms with E-state index >= 15 is 0 Å². The van der Waals surface area contributed by atoms with E-state index in [1.165, 1.54) is 6.39 Å². The van der Waals surface area contributed by atoms with Gasteiger partial charge in [0.25, 0.3) is 0 Å². The van der Waals surface area contributed by atoms with E-state index in [1.807, 2.05) is 12.1 Å². The van der Waals surface area contributed by atoms with Gasteiger partial charge in [0.05, 0.1) is 19.3 Å². The zero-order chi connectivity index (χ0) is 14.2. The van der Waals surface area contributed by atoms with Gasteiger partial charge in [-0.15, -0.1) is 0 Å². The average Bonchev–Trinajstić information content (AvgIpc) is 2.97. The topological polar surface area (TPSA) is 89.3 Å². The molecule has 0 unspecified atom stereocenters. The number of benzene rings is 1. The molecule has 7 nitrogen and oxygen atoms in total. The Labute approximate surface area is 116 Å². The highest BCUT2D eigenvalue weighted by Gasteiger charge is 2.06. The minimum atomic E-state index is -0.136. The number of carbonyl (C=O) groups excluding carboxylic acids is 1. The number of ether oxygens (including phenoxy) is 1. The molecule has 106 valence electrons. The molecule has 2 N–H and O–H groups in total. The summed E-state index contributed by atoms with van der Waals surface area (Å²) in [5, 5.41) is 9.47. The van der Waals surface area contributed by atoms with Gasteiger partial charge in [0.1, 0.15) is 5.75 Å². The van der Waals surface area contributed by atoms with E-state index in [2.05, 4.69) is 25.3 Å². The summed E-state index contributed by atoms with van der Waals surface area (Å²) in [5.41, 5.74) is 0.653. The maximum absolute atomic E-state index is 11.8. The van der Waals surface area contributed by atoms with Crippen molar-refractivity contribution in [3.05, 3.63) is 36.5 Å². The van der Waals surface area contributed by atoms with E-state index in [4.69, 9.17) is 4.74 Å². The smallest absolute Gasteiger partial charge is 0.238 e. The second kappa shape index (κ2) is 7.25. The van der Waals surface area contributed by atoms with Crippen molar-refractivity contribution >= 4 is 11.6 Å². The van der Waals surface area contributed by atoms with Crippen LogP contribution < -0.4 is 15.4 Å². The van der Waals surface area contributed by atoms with E-state index in [0.717, 1.165) is 0 Å². The molecule has 0 saturated carbocycles. The van der Waals surface area contributed by atoms with Gasteiger partial charge in [0, 0.05) is 13.0 Å². The van der Waals surface area contributed by atoms with Crippen LogP contribution in [0.4, 0.5) is 5.69 Å². The number of aromatic nitrogens is 2. The summed E-state index contributed by atoms with van der Waals surface area (Å²) in [5.74, 6) is 1.11. The maximum Gasteiger partial charge on any atom is 0.238 e. The molecule has 1 aromatic carbocycles. The maximum atomic E-state index is 11.8. The monoisotopic (exact) mass is 276 g/mol. The SMILES string of the molecule is COc1ccccc1NC(=O)CNCCc1ncon1. The van der Waals surface area contributed by atoms with Crippen molar-refractivity contribution in [2.45, 2.75) is 6.42 Å². The Hall–Kier alpha value is -2.41. The van der Waals surface area contributed by atoms with Crippen LogP contribution in [0.1, 0.15) is 5.82 Å². The lowest BCUT2D eigenvalue weighted by Gasteiger charge is -2.10. The van der Waals surface area contributed by atoms with Crippen molar-refractivity contribution in [3.63, 3.8) is 0 Å². The summed E-state index contributed by atoms with van der Waals surface area (Å²) in [4.78, 5) is 15.7. The molecule has 0 aliphatic heterocycles. The fourth-order valence-corrected chi connectivity index (χ4v) is 1.65. The molecular weight excluding hydrogens is 260 g/mol. The molecule has 0 saturated heterocycles. The fraction of sp³-hybridized carbons (Fsp3) is 0.308. The number of rotatable bonds is 7. The highest BCUT2D eigenvalue weighted by atomic mass is 16.5. The van der Waals surface area contributed by atoms with E-state index < -0.39 is 0 Å². The molecule has 0 spiro atoms. The van der Waals surface area contributed by atoms with Crippen LogP contribution in [0.15, 0.2) is 35.2 Å². The van der Waals surface area contributed by atoms with Crippen LogP contribution in [0.2, 0.25) is 0 Å². The molecule has 2 aromatic rings. The molecule has 0 radical (unpaired) electrons. The van der Waals surface area contributed by atoms with Crippen LogP contribution in [-0.2, 0) is 11.2 Å². The third kappa shape index (κ3) is 4.06. The molecule has 7 heteroatoms. The Balaban J connectivity index is 1.72. The van der Waals surface area contributed by atoms with Crippen LogP contribution in [0.25, 0.3) is 0 Å². The first-order valence-corrected chi connectivity index (χ1v) is 6.18. The van der Waals surface area contributed by atoms with E-state index in [9.17, 15) is 4.79 Å². The third-order valence-corrected chi connectivity index (χ3v) is 2.60. The predicted octanol–water partition coefficient (Wildman–Crippen LogP) is 0.849. The van der Waals surface area contributed by atoms with Crippen molar-refractivity contribution in [3.8, 4) is 5.75 Å². The van der Waals surface area contributed by atoms with Crippen molar-refractivity contribution < 1.29 is 14.1 Å². The Morgan fingerprint density at radius 2 is 2.25 bits per heavy atom. The van der Waals surface area contributed by atoms with Gasteiger partial charge >= 0.3 is 0 Å². The first kappa shape index (κ1) is 14.0. The number of hydrogen-bond donors (Lipinski definition) is 2. The summed E-state index contributed by atoms with van der Waals surface area (Å²) in [6.07, 6.45) is 1.89. The summed E-state index contributed by atoms with van der Waals surface area (Å²) in [6, 6.07) is 7.26. The van der Waals surface area contributed by atoms with Crippen LogP contribution in [0, 0.1) is 0 Å². The molecule has 20 heavy (non-hydrogen) atoms. The molecule has 2 rings (SSSR count). The number of nitrogens with one attached hydrogen (secondary N) is 2. The Bertz CT molecular complexity index is 542. The van der Waals surface area contributed by atoms with Gasteiger partial charge in [-0.2, -0.15) is 4.98 Å². The minimum absolute atomic E-state index is 0.136. The van der Waals surface area contributed by atoms with Gasteiger partial charge in [-0.25, -0.2) is 0 Å². The lowest BCUT2D eigenvalue weighted by Crippen LogP contribution is -2.29. The molecule has 1 heterocycles. The molecule has 0 aliphatic rings. The van der Waals surface area contributed by atoms with Gasteiger partial charge in [-0.1, -0.05) is 17.3 Å². The first-order valence-electron chi connectivity index (χ1n) is 6.18. The lowest BCUT2D eigenvalue weighted by molar-refractivity contribution is -0.115. The quantitative estimate of drug-likeness (QED) is 0.729. The second-order valence-corrected chi connectivity index (χ2v) is 4.02. The summed E-state index contributed by atoms with van der Waals surface area (Å²) in [7, 11) is 1.56. The molecule has 0 aliphatic carbocycles. The third-order valence-electron chi connectivity index (χ3n) is 2.60. The van der Waals surface area contributed by atoms with Gasteiger partial charge in [0.2, 0.25) is 12.3 Å². The van der Waals surface area contributed by atoms with Crippen molar-refractivity contribution in [2.24, 2.45) is 0 Å². The normalized spacial score (nSPS) is 10.2. The average molecular weight is 276 g/mol. The minimum Gasteiger partial charge on any atom is -0.495 e. The van der Waals surface area contributed by atoms with Crippen molar-refractivity contribution in [2.75, 3.05) is 25.5 Å². The van der Waals surface area contributed by atoms with Gasteiger partial charge in [-0.05, 0) is 12.1 Å². The predicted molar refractivity (Wildman–Crippen MR) is 72.5 cm³/mol. The van der Waals surface area contributed by atoms with Crippen LogP contribution in [-0.4, -0.2) is 36.2 Å². The van der Waals surface area contributed by atoms with Crippen LogP contribution in [0.3, 0.4) is 0 Å². The highest BCUT2D eigenvalue weighted by Crippen LogP contribution is 2.22. The molecule has 1 aromatic heterocycles. The Morgan fingerprint density at radius 1 is 1.40 bits per heavy atom. The molecule has 1 amide bonds. The zero-order valence-corrected chi connectivity index (χ0v) is 11.1. The number of para-hydroxylation sites is 2. The number of hydrogen-bond acceptors (Lipinski definition) is 6. The first-order chi connectivity index (χ1) is 9.79. The number of carbonyl (C=O) groups is 1. The fourth-order valence-electron chi connectivity index (χ4n) is 1.65. The number of anilines is 1. The van der Waals surface area contributed by atoms with Crippen LogP contribution >= 0.6 is 0 Å². The molecular formula is C13H16N4O3. The number of nitrogens with zero attached hydrogens (tertiary/aromatic N) is 2. The van der Waals surface area contributed by atoms with E-state index in [0.29, 0.717) is 30.2 Å². The lowest BCUT2D eigenvalue weighted by atomic mass is 10.3. The van der Waals surface area contributed by atoms with Gasteiger partial charge < -0.3 is 19.9 Å². The number of amides is 1. The molecule has 0 bridgehead atoms. The van der Waals surface area contributed by atoms with Gasteiger partial charge in [0.15, 0.2) is 5.82 Å². The summed E-state index contributed by atoms with van der Waals surface area (Å²) in [6.45, 7) is 0.800. The molecule has 0 fully saturated rings. The van der Waals surface area contributed by atoms with Crippen LogP contribution in [0.5, 0.6) is 5.75 Å². The van der Waals surface area contributed by atoms with Crippen molar-refractivity contribution in [1.29, 1.82) is 0 Å². The van der Waals surface area contributed by atoms with Crippen molar-refractivity contribution in [1.82, 2.24) is 15.5 Å². The summed E-state index contributed by atoms with van der Waals surface area (Å²) < 4.78 is 9.77. The molecule has 0 atom stereocenters. The van der Waals surface area contributed by atoms with E-state index in [-0.39, 0.29) is 12.5 Å². The van der Waals surface area contributed by atoms with E-state index in [1.54, 1.807) is 19.2 Å². The largest absolute Gasteiger partial charge is 0.495 e. The Kier molecular flexibility index (Phi) is 5.08. The zero-order valence-electron chi connectivity index (χ0n) is 11.1. The van der Waals surface area contributed by atoms with Gasteiger partial charge in [-0.3, -0.25) is 4.79 Å². The highest BCUT2D eigenvalue weighted by molar-refractivity contribution is 5.93. The number of methoxy groups -OCH3 is 1. The second-order valence-electron chi connectivity index (χ2n) is 4.02. The standard InChI is InChI=1S/C13H16N4O3/c1-19-11-5-3-2-4-10(11)16-13(18)8-14-7-6-12-15-9-20-17-12/h2-5,9,14H,6-8H2,1H3,(H,16,18). The Morgan fingerprint density at radius 3 is 3.00 bits per heavy atom.